The number of benzene rings is 2. The number of amides is 2. The van der Waals surface area contributed by atoms with E-state index in [0.29, 0.717) is 30.2 Å². The van der Waals surface area contributed by atoms with Crippen molar-refractivity contribution >= 4 is 41.2 Å². The first-order valence-corrected chi connectivity index (χ1v) is 13.6. The molecule has 10 nitrogen and oxygen atoms in total. The van der Waals surface area contributed by atoms with Gasteiger partial charge in [-0.1, -0.05) is 46.8 Å². The lowest BCUT2D eigenvalue weighted by Crippen LogP contribution is -2.07. The number of unbranched alkanes of at least 4 members (excludes halogenated alkanes) is 2. The zero-order valence-corrected chi connectivity index (χ0v) is 25.5. The Bertz CT molecular complexity index is 1160. The average molecular weight is 601 g/mol. The molecule has 43 heavy (non-hydrogen) atoms. The van der Waals surface area contributed by atoms with Crippen LogP contribution in [0.5, 0.6) is 11.5 Å². The van der Waals surface area contributed by atoms with Crippen LogP contribution >= 0.6 is 0 Å². The zero-order valence-electron chi connectivity index (χ0n) is 25.5. The Labute approximate surface area is 256 Å². The molecule has 0 spiro atoms. The van der Waals surface area contributed by atoms with Crippen molar-refractivity contribution in [3.05, 3.63) is 66.8 Å². The number of esters is 2. The fraction of sp³-hybridized carbons (Fsp3) is 0.394. The number of methoxy groups -OCH3 is 2. The summed E-state index contributed by atoms with van der Waals surface area (Å²) in [5.41, 5.74) is 2.04. The van der Waals surface area contributed by atoms with Crippen molar-refractivity contribution in [1.82, 2.24) is 0 Å². The predicted octanol–water partition coefficient (Wildman–Crippen LogP) is 6.82. The smallest absolute Gasteiger partial charge is 0.330 e. The summed E-state index contributed by atoms with van der Waals surface area (Å²) >= 11 is 0. The summed E-state index contributed by atoms with van der Waals surface area (Å²) < 4.78 is 19.8. The van der Waals surface area contributed by atoms with Crippen molar-refractivity contribution in [3.63, 3.8) is 0 Å². The zero-order chi connectivity index (χ0) is 31.8. The van der Waals surface area contributed by atoms with Gasteiger partial charge in [0.15, 0.2) is 0 Å². The number of carbonyl (C=O) groups is 4. The van der Waals surface area contributed by atoms with Crippen molar-refractivity contribution in [3.8, 4) is 11.5 Å². The quantitative estimate of drug-likeness (QED) is 0.146. The van der Waals surface area contributed by atoms with Crippen LogP contribution in [0, 0.1) is 0 Å². The molecule has 0 aliphatic carbocycles. The molecule has 0 atom stereocenters. The van der Waals surface area contributed by atoms with Gasteiger partial charge in [0.2, 0.25) is 11.8 Å². The molecule has 2 amide bonds. The highest BCUT2D eigenvalue weighted by atomic mass is 16.5. The molecule has 2 N–H and O–H groups in total. The second-order valence-electron chi connectivity index (χ2n) is 8.63. The van der Waals surface area contributed by atoms with Crippen LogP contribution in [-0.4, -0.2) is 51.2 Å². The van der Waals surface area contributed by atoms with Crippen LogP contribution in [0.15, 0.2) is 61.2 Å². The molecule has 0 radical (unpaired) electrons. The number of nitrogens with one attached hydrogen (secondary N) is 2. The van der Waals surface area contributed by atoms with Gasteiger partial charge in [-0.15, -0.1) is 0 Å². The Morgan fingerprint density at radius 3 is 1.86 bits per heavy atom. The number of rotatable bonds is 13. The fourth-order valence-electron chi connectivity index (χ4n) is 2.91. The van der Waals surface area contributed by atoms with Crippen LogP contribution in [0.3, 0.4) is 0 Å². The van der Waals surface area contributed by atoms with Crippen molar-refractivity contribution in [2.75, 3.05) is 38.1 Å². The van der Waals surface area contributed by atoms with E-state index in [4.69, 9.17) is 14.2 Å². The van der Waals surface area contributed by atoms with Gasteiger partial charge in [-0.05, 0) is 48.7 Å². The molecule has 0 fully saturated rings. The van der Waals surface area contributed by atoms with Gasteiger partial charge in [0.25, 0.3) is 0 Å². The summed E-state index contributed by atoms with van der Waals surface area (Å²) in [4.78, 5) is 43.7. The molecule has 0 saturated heterocycles. The van der Waals surface area contributed by atoms with Crippen molar-refractivity contribution < 1.29 is 38.1 Å². The number of hydrogen-bond acceptors (Lipinski definition) is 8. The molecule has 0 unspecified atom stereocenters. The van der Waals surface area contributed by atoms with Crippen molar-refractivity contribution in [2.24, 2.45) is 0 Å². The van der Waals surface area contributed by atoms with Gasteiger partial charge in [-0.3, -0.25) is 9.59 Å². The minimum atomic E-state index is -0.395. The second-order valence-corrected chi connectivity index (χ2v) is 8.63. The molecule has 2 aromatic carbocycles. The van der Waals surface area contributed by atoms with Gasteiger partial charge < -0.3 is 29.6 Å². The molecule has 0 aliphatic rings. The van der Waals surface area contributed by atoms with Crippen LogP contribution in [0.1, 0.15) is 66.4 Å². The Hall–Kier alpha value is -4.60. The van der Waals surface area contributed by atoms with E-state index in [1.54, 1.807) is 44.6 Å². The van der Waals surface area contributed by atoms with E-state index in [9.17, 15) is 19.2 Å². The Morgan fingerprint density at radius 2 is 1.35 bits per heavy atom. The molecule has 0 aliphatic heterocycles. The normalized spacial score (nSPS) is 9.44. The summed E-state index contributed by atoms with van der Waals surface area (Å²) in [6.07, 6.45) is 7.93. The van der Waals surface area contributed by atoms with Crippen LogP contribution in [-0.2, 0) is 28.7 Å². The van der Waals surface area contributed by atoms with Gasteiger partial charge in [0.1, 0.15) is 11.5 Å². The molecule has 0 heterocycles. The largest absolute Gasteiger partial charge is 0.497 e. The highest BCUT2D eigenvalue weighted by molar-refractivity contribution is 5.94. The third-order valence-corrected chi connectivity index (χ3v) is 5.01. The minimum absolute atomic E-state index is 0. The summed E-state index contributed by atoms with van der Waals surface area (Å²) in [6, 6.07) is 12.4. The Morgan fingerprint density at radius 1 is 0.791 bits per heavy atom. The van der Waals surface area contributed by atoms with Crippen molar-refractivity contribution in [1.29, 1.82) is 0 Å². The lowest BCUT2D eigenvalue weighted by molar-refractivity contribution is -0.138. The van der Waals surface area contributed by atoms with Gasteiger partial charge in [-0.25, -0.2) is 9.59 Å². The van der Waals surface area contributed by atoms with Crippen LogP contribution in [0.2, 0.25) is 0 Å². The standard InChI is InChI=1S/C16H21NO4.C9H11NO2.C7H12O2.CH4/c1-4-5-10-21-16(19)9-7-13-6-8-14(20-3)11-15(13)17-12(2)18;1-7(11)10-8-4-3-5-9(6-8)12-2;1-3-5-6-9-7(8)4-2;/h6-9,11H,4-5,10H2,1-3H3,(H,17,18);3-6H,1-2H3,(H,10,11);4H,2-3,5-6H2,1H3;1H4/b9-7+;;;. The third-order valence-electron chi connectivity index (χ3n) is 5.01. The van der Waals surface area contributed by atoms with E-state index in [0.717, 1.165) is 37.1 Å². The molecule has 0 saturated carbocycles. The molecule has 0 bridgehead atoms. The number of ether oxygens (including phenoxy) is 4. The Balaban J connectivity index is 0. The van der Waals surface area contributed by atoms with E-state index < -0.39 is 5.97 Å². The minimum Gasteiger partial charge on any atom is -0.497 e. The van der Waals surface area contributed by atoms with E-state index in [1.807, 2.05) is 32.0 Å². The maximum absolute atomic E-state index is 11.5. The first kappa shape index (κ1) is 40.5. The maximum Gasteiger partial charge on any atom is 0.330 e. The summed E-state index contributed by atoms with van der Waals surface area (Å²) in [5, 5.41) is 5.36. The number of carbonyl (C=O) groups excluding carboxylic acids is 4. The summed E-state index contributed by atoms with van der Waals surface area (Å²) in [6.45, 7) is 11.2. The van der Waals surface area contributed by atoms with Gasteiger partial charge in [0.05, 0.1) is 33.1 Å². The fourth-order valence-corrected chi connectivity index (χ4v) is 2.91. The molecule has 0 aromatic heterocycles. The van der Waals surface area contributed by atoms with Gasteiger partial charge in [-0.2, -0.15) is 0 Å². The average Bonchev–Trinajstić information content (AvgIpc) is 2.96. The molecule has 238 valence electrons. The highest BCUT2D eigenvalue weighted by Gasteiger charge is 2.05. The maximum atomic E-state index is 11.5. The molecule has 2 rings (SSSR count). The van der Waals surface area contributed by atoms with Crippen molar-refractivity contribution in [2.45, 2.75) is 60.8 Å². The van der Waals surface area contributed by atoms with E-state index >= 15 is 0 Å². The lowest BCUT2D eigenvalue weighted by Gasteiger charge is -2.09. The molecule has 2 aromatic rings. The van der Waals surface area contributed by atoms with Crippen LogP contribution < -0.4 is 20.1 Å². The first-order valence-electron chi connectivity index (χ1n) is 13.6. The SMILES string of the molecule is C.C=CC(=O)OCCCC.CCCCOC(=O)/C=C/c1ccc(OC)cc1NC(C)=O.COc1cccc(NC(C)=O)c1. The van der Waals surface area contributed by atoms with Crippen LogP contribution in [0.4, 0.5) is 11.4 Å². The third kappa shape index (κ3) is 20.9. The van der Waals surface area contributed by atoms with Crippen LogP contribution in [0.25, 0.3) is 6.08 Å². The topological polar surface area (TPSA) is 129 Å². The van der Waals surface area contributed by atoms with Gasteiger partial charge >= 0.3 is 11.9 Å². The van der Waals surface area contributed by atoms with E-state index in [2.05, 4.69) is 21.9 Å². The van der Waals surface area contributed by atoms with E-state index in [1.165, 1.54) is 26.0 Å². The summed E-state index contributed by atoms with van der Waals surface area (Å²) in [7, 11) is 3.14. The van der Waals surface area contributed by atoms with Gasteiger partial charge in [0, 0.05) is 43.8 Å². The highest BCUT2D eigenvalue weighted by Crippen LogP contribution is 2.24. The lowest BCUT2D eigenvalue weighted by atomic mass is 10.1. The molecule has 10 heteroatoms. The Kier molecular flexibility index (Phi) is 23.7. The second kappa shape index (κ2) is 25.1. The summed E-state index contributed by atoms with van der Waals surface area (Å²) in [5.74, 6) is 0.367. The predicted molar refractivity (Wildman–Crippen MR) is 172 cm³/mol. The molecular formula is C33H48N2O8. The number of anilines is 2. The monoisotopic (exact) mass is 600 g/mol. The molecular weight excluding hydrogens is 552 g/mol. The first-order chi connectivity index (χ1) is 20.1. The number of hydrogen-bond donors (Lipinski definition) is 2. The van der Waals surface area contributed by atoms with E-state index in [-0.39, 0.29) is 25.2 Å².